The van der Waals surface area contributed by atoms with Crippen LogP contribution < -0.4 is 5.32 Å². The molecule has 0 amide bonds. The molecule has 2 heterocycles. The number of piperazine rings is 1. The van der Waals surface area contributed by atoms with Crippen LogP contribution >= 0.6 is 11.8 Å². The molecular weight excluding hydrogens is 252 g/mol. The van der Waals surface area contributed by atoms with E-state index in [1.54, 1.807) is 0 Å². The van der Waals surface area contributed by atoms with Gasteiger partial charge < -0.3 is 5.32 Å². The Morgan fingerprint density at radius 2 is 2.16 bits per heavy atom. The minimum Gasteiger partial charge on any atom is -0.311 e. The van der Waals surface area contributed by atoms with Gasteiger partial charge in [0.2, 0.25) is 0 Å². The monoisotopic (exact) mass is 276 g/mol. The number of hydrogen-bond acceptors (Lipinski definition) is 3. The van der Waals surface area contributed by atoms with Crippen LogP contribution in [-0.4, -0.2) is 41.6 Å². The fourth-order valence-electron chi connectivity index (χ4n) is 3.29. The summed E-state index contributed by atoms with van der Waals surface area (Å²) in [5, 5.41) is 3.72. The first-order chi connectivity index (χ1) is 9.38. The predicted octanol–water partition coefficient (Wildman–Crippen LogP) is 2.92. The van der Waals surface area contributed by atoms with Crippen molar-refractivity contribution in [1.29, 1.82) is 0 Å². The van der Waals surface area contributed by atoms with Gasteiger partial charge >= 0.3 is 0 Å². The van der Waals surface area contributed by atoms with Crippen LogP contribution in [0, 0.1) is 0 Å². The van der Waals surface area contributed by atoms with Gasteiger partial charge in [-0.3, -0.25) is 4.90 Å². The van der Waals surface area contributed by atoms with E-state index >= 15 is 0 Å². The fourth-order valence-corrected chi connectivity index (χ4v) is 4.52. The van der Waals surface area contributed by atoms with Crippen LogP contribution in [0.2, 0.25) is 0 Å². The van der Waals surface area contributed by atoms with Gasteiger partial charge in [-0.2, -0.15) is 11.8 Å². The van der Waals surface area contributed by atoms with E-state index in [0.29, 0.717) is 12.1 Å². The van der Waals surface area contributed by atoms with Crippen molar-refractivity contribution in [2.75, 3.05) is 24.6 Å². The first-order valence-electron chi connectivity index (χ1n) is 7.50. The molecule has 3 rings (SSSR count). The van der Waals surface area contributed by atoms with Gasteiger partial charge in [0.15, 0.2) is 0 Å². The van der Waals surface area contributed by atoms with Crippen LogP contribution in [0.3, 0.4) is 0 Å². The van der Waals surface area contributed by atoms with Gasteiger partial charge in [-0.05, 0) is 24.2 Å². The van der Waals surface area contributed by atoms with Crippen molar-refractivity contribution in [2.24, 2.45) is 0 Å². The summed E-state index contributed by atoms with van der Waals surface area (Å²) in [4.78, 5) is 2.78. The molecule has 1 aromatic rings. The second-order valence-electron chi connectivity index (χ2n) is 5.65. The molecule has 0 spiro atoms. The van der Waals surface area contributed by atoms with Crippen LogP contribution in [0.25, 0.3) is 0 Å². The predicted molar refractivity (Wildman–Crippen MR) is 83.7 cm³/mol. The molecule has 0 radical (unpaired) electrons. The Balaban J connectivity index is 1.80. The highest BCUT2D eigenvalue weighted by molar-refractivity contribution is 7.99. The Bertz CT molecular complexity index is 389. The van der Waals surface area contributed by atoms with Gasteiger partial charge in [-0.15, -0.1) is 0 Å². The molecule has 19 heavy (non-hydrogen) atoms. The number of hydrogen-bond donors (Lipinski definition) is 1. The molecule has 1 aromatic carbocycles. The zero-order chi connectivity index (χ0) is 13.1. The lowest BCUT2D eigenvalue weighted by atomic mass is 9.97. The standard InChI is InChI=1S/C16H24N2S/c1-2-14-11-18(15-8-9-19-12-15)16(10-17-14)13-6-4-3-5-7-13/h3-7,14-17H,2,8-12H2,1H3. The zero-order valence-corrected chi connectivity index (χ0v) is 12.5. The van der Waals surface area contributed by atoms with Crippen LogP contribution in [0.15, 0.2) is 30.3 Å². The molecule has 3 unspecified atom stereocenters. The highest BCUT2D eigenvalue weighted by atomic mass is 32.2. The Hall–Kier alpha value is -0.510. The smallest absolute Gasteiger partial charge is 0.0476 e. The minimum atomic E-state index is 0.563. The van der Waals surface area contributed by atoms with Crippen LogP contribution in [0.4, 0.5) is 0 Å². The van der Waals surface area contributed by atoms with Crippen LogP contribution in [0.1, 0.15) is 31.4 Å². The Labute approximate surface area is 121 Å². The number of nitrogens with one attached hydrogen (secondary N) is 1. The summed E-state index contributed by atoms with van der Waals surface area (Å²) in [5.74, 6) is 2.66. The molecule has 0 aliphatic carbocycles. The van der Waals surface area contributed by atoms with Gasteiger partial charge in [0.05, 0.1) is 0 Å². The highest BCUT2D eigenvalue weighted by Gasteiger charge is 2.34. The minimum absolute atomic E-state index is 0.563. The van der Waals surface area contributed by atoms with Gasteiger partial charge in [0.25, 0.3) is 0 Å². The summed E-state index contributed by atoms with van der Waals surface area (Å²) in [6, 6.07) is 13.0. The van der Waals surface area contributed by atoms with E-state index in [1.807, 2.05) is 0 Å². The van der Waals surface area contributed by atoms with E-state index in [0.717, 1.165) is 12.6 Å². The maximum Gasteiger partial charge on any atom is 0.0476 e. The van der Waals surface area contributed by atoms with E-state index in [2.05, 4.69) is 59.2 Å². The average molecular weight is 276 g/mol. The number of thioether (sulfide) groups is 1. The maximum atomic E-state index is 3.72. The van der Waals surface area contributed by atoms with E-state index in [4.69, 9.17) is 0 Å². The van der Waals surface area contributed by atoms with Crippen molar-refractivity contribution in [3.63, 3.8) is 0 Å². The van der Waals surface area contributed by atoms with Gasteiger partial charge in [-0.25, -0.2) is 0 Å². The van der Waals surface area contributed by atoms with Gasteiger partial charge in [0, 0.05) is 37.0 Å². The topological polar surface area (TPSA) is 15.3 Å². The second kappa shape index (κ2) is 6.29. The summed E-state index contributed by atoms with van der Waals surface area (Å²) in [6.07, 6.45) is 2.60. The SMILES string of the molecule is CCC1CN(C2CCSC2)C(c2ccccc2)CN1. The molecule has 2 fully saturated rings. The lowest BCUT2D eigenvalue weighted by Gasteiger charge is -2.43. The average Bonchev–Trinajstić information content (AvgIpc) is 3.01. The van der Waals surface area contributed by atoms with Crippen molar-refractivity contribution >= 4 is 11.8 Å². The third-order valence-corrected chi connectivity index (χ3v) is 5.63. The molecule has 3 atom stereocenters. The van der Waals surface area contributed by atoms with Crippen LogP contribution in [-0.2, 0) is 0 Å². The summed E-state index contributed by atoms with van der Waals surface area (Å²) < 4.78 is 0. The molecular formula is C16H24N2S. The van der Waals surface area contributed by atoms with E-state index in [-0.39, 0.29) is 0 Å². The number of nitrogens with zero attached hydrogens (tertiary/aromatic N) is 1. The lowest BCUT2D eigenvalue weighted by Crippen LogP contribution is -2.55. The Morgan fingerprint density at radius 1 is 1.32 bits per heavy atom. The normalized spacial score (nSPS) is 32.6. The molecule has 2 saturated heterocycles. The molecule has 0 saturated carbocycles. The molecule has 2 aliphatic heterocycles. The summed E-state index contributed by atoms with van der Waals surface area (Å²) in [5.41, 5.74) is 1.47. The highest BCUT2D eigenvalue weighted by Crippen LogP contribution is 2.32. The summed E-state index contributed by atoms with van der Waals surface area (Å²) in [6.45, 7) is 4.60. The molecule has 0 aromatic heterocycles. The van der Waals surface area contributed by atoms with Crippen molar-refractivity contribution in [3.8, 4) is 0 Å². The fraction of sp³-hybridized carbons (Fsp3) is 0.625. The summed E-state index contributed by atoms with van der Waals surface area (Å²) >= 11 is 2.12. The van der Waals surface area contributed by atoms with Crippen LogP contribution in [0.5, 0.6) is 0 Å². The maximum absolute atomic E-state index is 3.72. The summed E-state index contributed by atoms with van der Waals surface area (Å²) in [7, 11) is 0. The molecule has 3 heteroatoms. The first-order valence-corrected chi connectivity index (χ1v) is 8.65. The Kier molecular flexibility index (Phi) is 4.46. The zero-order valence-electron chi connectivity index (χ0n) is 11.7. The van der Waals surface area contributed by atoms with Crippen molar-refractivity contribution in [1.82, 2.24) is 10.2 Å². The van der Waals surface area contributed by atoms with E-state index in [1.165, 1.54) is 36.5 Å². The third kappa shape index (κ3) is 2.99. The number of benzene rings is 1. The molecule has 0 bridgehead atoms. The third-order valence-electron chi connectivity index (χ3n) is 4.48. The van der Waals surface area contributed by atoms with Gasteiger partial charge in [0.1, 0.15) is 0 Å². The number of rotatable bonds is 3. The molecule has 1 N–H and O–H groups in total. The largest absolute Gasteiger partial charge is 0.311 e. The molecule has 104 valence electrons. The molecule has 2 nitrogen and oxygen atoms in total. The second-order valence-corrected chi connectivity index (χ2v) is 6.80. The van der Waals surface area contributed by atoms with E-state index < -0.39 is 0 Å². The first kappa shape index (κ1) is 13.5. The molecule has 2 aliphatic rings. The van der Waals surface area contributed by atoms with Crippen molar-refractivity contribution < 1.29 is 0 Å². The quantitative estimate of drug-likeness (QED) is 0.914. The van der Waals surface area contributed by atoms with E-state index in [9.17, 15) is 0 Å². The van der Waals surface area contributed by atoms with Crippen molar-refractivity contribution in [3.05, 3.63) is 35.9 Å². The lowest BCUT2D eigenvalue weighted by molar-refractivity contribution is 0.0905. The Morgan fingerprint density at radius 3 is 2.84 bits per heavy atom. The van der Waals surface area contributed by atoms with Gasteiger partial charge in [-0.1, -0.05) is 37.3 Å². The van der Waals surface area contributed by atoms with Crippen molar-refractivity contribution in [2.45, 2.75) is 37.9 Å².